The average molecular weight is 535 g/mol. The van der Waals surface area contributed by atoms with Gasteiger partial charge in [0.25, 0.3) is 0 Å². The Morgan fingerprint density at radius 1 is 0.625 bits per heavy atom. The van der Waals surface area contributed by atoms with Crippen LogP contribution in [0.3, 0.4) is 0 Å². The first-order valence-corrected chi connectivity index (χ1v) is 30.5. The first-order valence-electron chi connectivity index (χ1n) is 12.9. The van der Waals surface area contributed by atoms with Gasteiger partial charge in [-0.05, 0) is 30.0 Å². The number of hydrogen-bond acceptors (Lipinski definition) is 3. The Morgan fingerprint density at radius 2 is 0.969 bits per heavy atom. The van der Waals surface area contributed by atoms with Gasteiger partial charge in [-0.3, -0.25) is 0 Å². The summed E-state index contributed by atoms with van der Waals surface area (Å²) in [4.78, 5) is 11.8. The van der Waals surface area contributed by atoms with Crippen LogP contribution in [0, 0.1) is 0 Å². The molecule has 2 atom stereocenters. The zero-order chi connectivity index (χ0) is 25.9. The molecule has 0 aromatic rings. The number of aldehydes is 1. The van der Waals surface area contributed by atoms with Gasteiger partial charge in [0.2, 0.25) is 8.32 Å². The van der Waals surface area contributed by atoms with Gasteiger partial charge in [0.15, 0.2) is 6.87 Å². The van der Waals surface area contributed by atoms with E-state index in [4.69, 9.17) is 8.85 Å². The molecule has 8 heteroatoms. The van der Waals surface area contributed by atoms with Crippen molar-refractivity contribution in [2.24, 2.45) is 0 Å². The van der Waals surface area contributed by atoms with Gasteiger partial charge in [0.1, 0.15) is 6.29 Å². The third kappa shape index (κ3) is 6.88. The van der Waals surface area contributed by atoms with Crippen LogP contribution >= 0.6 is 0 Å². The number of rotatable bonds is 14. The van der Waals surface area contributed by atoms with E-state index in [1.54, 1.807) is 0 Å². The molecule has 0 saturated carbocycles. The number of carbonyl (C=O) groups is 1. The predicted octanol–water partition coefficient (Wildman–Crippen LogP) is 8.13. The predicted molar refractivity (Wildman–Crippen MR) is 158 cm³/mol. The second-order valence-corrected chi connectivity index (χ2v) is 58.9. The quantitative estimate of drug-likeness (QED) is 0.167. The van der Waals surface area contributed by atoms with Gasteiger partial charge in [-0.2, -0.15) is 0 Å². The molecule has 3 nitrogen and oxygen atoms in total. The minimum Gasteiger partial charge on any atom is -0.422 e. The van der Waals surface area contributed by atoms with E-state index in [9.17, 15) is 4.79 Å². The summed E-state index contributed by atoms with van der Waals surface area (Å²) in [5, 5.41) is 0. The summed E-state index contributed by atoms with van der Waals surface area (Å²) in [6, 6.07) is 0. The second-order valence-electron chi connectivity index (χ2n) is 14.1. The molecular weight excluding hydrogens is 477 g/mol. The van der Waals surface area contributed by atoms with Crippen LogP contribution in [0.2, 0.25) is 75.5 Å². The van der Waals surface area contributed by atoms with Gasteiger partial charge in [-0.15, -0.1) is 0 Å². The van der Waals surface area contributed by atoms with E-state index in [0.29, 0.717) is 23.0 Å². The summed E-state index contributed by atoms with van der Waals surface area (Å²) in [5.74, 6) is 0. The monoisotopic (exact) mass is 534 g/mol. The van der Waals surface area contributed by atoms with Crippen molar-refractivity contribution in [3.63, 3.8) is 0 Å². The highest BCUT2D eigenvalue weighted by atomic mass is 29.9. The fourth-order valence-corrected chi connectivity index (χ4v) is 107. The van der Waals surface area contributed by atoms with E-state index in [0.717, 1.165) is 12.7 Å². The number of hydrogen-bond donors (Lipinski definition) is 0. The van der Waals surface area contributed by atoms with Crippen LogP contribution < -0.4 is 0 Å². The van der Waals surface area contributed by atoms with Crippen LogP contribution in [0.4, 0.5) is 0 Å². The lowest BCUT2D eigenvalue weighted by Crippen LogP contribution is -2.85. The number of carbonyl (C=O) groups excluding carboxylic acids is 1. The minimum atomic E-state index is -1.98. The van der Waals surface area contributed by atoms with E-state index in [2.05, 4.69) is 107 Å². The van der Waals surface area contributed by atoms with Crippen molar-refractivity contribution in [2.45, 2.75) is 149 Å². The SMILES string of the molecule is CC(C)[Si](O[C@@H](C)C[C@@H](CC=O)O[Si]([Si](C)(C)C)([Si](C)(C)C)[Si](C)(C)C)(C(C)C)C(C)C. The lowest BCUT2D eigenvalue weighted by molar-refractivity contribution is -0.109. The highest BCUT2D eigenvalue weighted by molar-refractivity contribution is 7.87. The van der Waals surface area contributed by atoms with Crippen LogP contribution in [-0.2, 0) is 13.6 Å². The summed E-state index contributed by atoms with van der Waals surface area (Å²) in [6.45, 7) is 37.2. The van der Waals surface area contributed by atoms with E-state index in [1.165, 1.54) is 0 Å². The summed E-state index contributed by atoms with van der Waals surface area (Å²) in [5.41, 5.74) is 1.69. The van der Waals surface area contributed by atoms with Crippen molar-refractivity contribution in [1.82, 2.24) is 0 Å². The molecule has 0 aromatic heterocycles. The maximum Gasteiger partial charge on any atom is 0.200 e. The Labute approximate surface area is 206 Å². The third-order valence-electron chi connectivity index (χ3n) is 7.58. The van der Waals surface area contributed by atoms with E-state index in [1.807, 2.05) is 0 Å². The molecule has 0 radical (unpaired) electrons. The van der Waals surface area contributed by atoms with E-state index < -0.39 is 38.0 Å². The second kappa shape index (κ2) is 11.6. The first-order chi connectivity index (χ1) is 14.1. The molecule has 0 aliphatic carbocycles. The molecule has 0 unspecified atom stereocenters. The Morgan fingerprint density at radius 3 is 1.22 bits per heavy atom. The molecule has 0 heterocycles. The molecule has 0 rings (SSSR count). The highest BCUT2D eigenvalue weighted by Crippen LogP contribution is 2.44. The van der Waals surface area contributed by atoms with Gasteiger partial charge >= 0.3 is 0 Å². The zero-order valence-corrected chi connectivity index (χ0v) is 29.6. The van der Waals surface area contributed by atoms with E-state index in [-0.39, 0.29) is 12.2 Å². The Bertz CT molecular complexity index is 528. The molecule has 0 aliphatic rings. The van der Waals surface area contributed by atoms with Crippen LogP contribution in [-0.4, -0.2) is 56.5 Å². The third-order valence-corrected chi connectivity index (χ3v) is 81.4. The summed E-state index contributed by atoms with van der Waals surface area (Å²) >= 11 is 0. The molecule has 0 bridgehead atoms. The molecule has 0 aromatic carbocycles. The van der Waals surface area contributed by atoms with Gasteiger partial charge in [0, 0.05) is 12.5 Å². The van der Waals surface area contributed by atoms with Crippen molar-refractivity contribution in [3.8, 4) is 0 Å². The molecular formula is C24H58O3Si5. The Balaban J connectivity index is 6.20. The first kappa shape index (κ1) is 32.7. The molecule has 0 N–H and O–H groups in total. The van der Waals surface area contributed by atoms with E-state index >= 15 is 0 Å². The molecule has 0 saturated heterocycles. The van der Waals surface area contributed by atoms with Crippen LogP contribution in [0.5, 0.6) is 0 Å². The molecule has 0 fully saturated rings. The summed E-state index contributed by atoms with van der Waals surface area (Å²) in [7, 11) is -6.63. The van der Waals surface area contributed by atoms with Gasteiger partial charge in [-0.1, -0.05) is 100 Å². The fourth-order valence-electron chi connectivity index (χ4n) is 7.63. The van der Waals surface area contributed by atoms with Crippen LogP contribution in [0.1, 0.15) is 61.3 Å². The highest BCUT2D eigenvalue weighted by Gasteiger charge is 2.64. The van der Waals surface area contributed by atoms with Gasteiger partial charge in [0.05, 0.1) is 28.9 Å². The normalized spacial score (nSPS) is 16.7. The zero-order valence-electron chi connectivity index (χ0n) is 24.6. The molecule has 0 amide bonds. The van der Waals surface area contributed by atoms with Crippen molar-refractivity contribution >= 4 is 44.2 Å². The maximum absolute atomic E-state index is 11.8. The standard InChI is InChI=1S/C24H58O3Si5/c1-20(2)31(21(3)4,22(5)6)26-23(7)19-24(17-18-25)27-32(28(8,9)10,29(11,12)13)30(14,15)16/h18,20-24H,17,19H2,1-16H3/t23-,24+/m0/s1. The summed E-state index contributed by atoms with van der Waals surface area (Å²) in [6.07, 6.45) is 2.55. The lowest BCUT2D eigenvalue weighted by atomic mass is 10.1. The van der Waals surface area contributed by atoms with Crippen molar-refractivity contribution in [1.29, 1.82) is 0 Å². The Kier molecular flexibility index (Phi) is 11.9. The lowest BCUT2D eigenvalue weighted by Gasteiger charge is -2.57. The van der Waals surface area contributed by atoms with Crippen LogP contribution in [0.25, 0.3) is 0 Å². The van der Waals surface area contributed by atoms with Gasteiger partial charge < -0.3 is 13.6 Å². The van der Waals surface area contributed by atoms with Crippen molar-refractivity contribution < 1.29 is 13.6 Å². The summed E-state index contributed by atoms with van der Waals surface area (Å²) < 4.78 is 14.5. The van der Waals surface area contributed by atoms with Crippen molar-refractivity contribution in [3.05, 3.63) is 0 Å². The maximum atomic E-state index is 11.8. The molecule has 0 spiro atoms. The van der Waals surface area contributed by atoms with Crippen LogP contribution in [0.15, 0.2) is 0 Å². The average Bonchev–Trinajstić information content (AvgIpc) is 2.52. The minimum absolute atomic E-state index is 0.00229. The molecule has 0 aliphatic heterocycles. The molecule has 192 valence electrons. The Hall–Kier alpha value is 0.674. The topological polar surface area (TPSA) is 35.5 Å². The smallest absolute Gasteiger partial charge is 0.200 e. The fraction of sp³-hybridized carbons (Fsp3) is 0.958. The molecule has 32 heavy (non-hydrogen) atoms. The van der Waals surface area contributed by atoms with Crippen molar-refractivity contribution in [2.75, 3.05) is 0 Å². The largest absolute Gasteiger partial charge is 0.422 e. The van der Waals surface area contributed by atoms with Gasteiger partial charge in [-0.25, -0.2) is 0 Å².